The van der Waals surface area contributed by atoms with Crippen LogP contribution in [0.1, 0.15) is 45.7 Å². The van der Waals surface area contributed by atoms with Gasteiger partial charge in [-0.15, -0.1) is 0 Å². The van der Waals surface area contributed by atoms with E-state index in [1.165, 1.54) is 5.69 Å². The SMILES string of the molecule is COc1ccc(CNC(=O)c2cc(C3=NOC(c4ccc(N5CCOCC5)cc4)C3)nc(C)n2)cc1. The molecule has 1 aromatic heterocycles. The van der Waals surface area contributed by atoms with E-state index in [0.29, 0.717) is 35.9 Å². The zero-order valence-electron chi connectivity index (χ0n) is 20.4. The molecule has 0 saturated carbocycles. The Morgan fingerprint density at radius 1 is 1.08 bits per heavy atom. The molecule has 1 saturated heterocycles. The number of rotatable bonds is 7. The average Bonchev–Trinajstić information content (AvgIpc) is 3.43. The highest BCUT2D eigenvalue weighted by molar-refractivity contribution is 6.02. The van der Waals surface area contributed by atoms with E-state index in [4.69, 9.17) is 14.3 Å². The summed E-state index contributed by atoms with van der Waals surface area (Å²) in [5, 5.41) is 7.20. The van der Waals surface area contributed by atoms with Crippen LogP contribution in [0, 0.1) is 6.92 Å². The van der Waals surface area contributed by atoms with Gasteiger partial charge in [0.05, 0.1) is 26.0 Å². The molecule has 186 valence electrons. The molecule has 2 aliphatic heterocycles. The van der Waals surface area contributed by atoms with Crippen LogP contribution in [0.2, 0.25) is 0 Å². The Hall–Kier alpha value is -3.98. The van der Waals surface area contributed by atoms with E-state index < -0.39 is 0 Å². The average molecular weight is 488 g/mol. The third kappa shape index (κ3) is 5.46. The van der Waals surface area contributed by atoms with Crippen molar-refractivity contribution in [2.45, 2.75) is 26.0 Å². The summed E-state index contributed by atoms with van der Waals surface area (Å²) < 4.78 is 10.6. The Morgan fingerprint density at radius 3 is 2.56 bits per heavy atom. The predicted octanol–water partition coefficient (Wildman–Crippen LogP) is 3.43. The third-order valence-corrected chi connectivity index (χ3v) is 6.29. The van der Waals surface area contributed by atoms with Crippen molar-refractivity contribution < 1.29 is 19.1 Å². The van der Waals surface area contributed by atoms with Gasteiger partial charge in [-0.1, -0.05) is 29.4 Å². The Labute approximate surface area is 210 Å². The number of aromatic nitrogens is 2. The summed E-state index contributed by atoms with van der Waals surface area (Å²) in [6, 6.07) is 17.6. The summed E-state index contributed by atoms with van der Waals surface area (Å²) >= 11 is 0. The molecular formula is C27H29N5O4. The van der Waals surface area contributed by atoms with Crippen LogP contribution in [-0.4, -0.2) is 55.0 Å². The number of morpholine rings is 1. The van der Waals surface area contributed by atoms with Gasteiger partial charge < -0.3 is 24.5 Å². The van der Waals surface area contributed by atoms with Crippen molar-refractivity contribution in [2.24, 2.45) is 5.16 Å². The van der Waals surface area contributed by atoms with Gasteiger partial charge in [-0.3, -0.25) is 4.79 Å². The number of methoxy groups -OCH3 is 1. The highest BCUT2D eigenvalue weighted by atomic mass is 16.6. The van der Waals surface area contributed by atoms with Crippen molar-refractivity contribution >= 4 is 17.3 Å². The van der Waals surface area contributed by atoms with Crippen LogP contribution < -0.4 is 15.0 Å². The monoisotopic (exact) mass is 487 g/mol. The van der Waals surface area contributed by atoms with Crippen LogP contribution in [-0.2, 0) is 16.1 Å². The summed E-state index contributed by atoms with van der Waals surface area (Å²) in [5.41, 5.74) is 4.79. The first-order chi connectivity index (χ1) is 17.6. The van der Waals surface area contributed by atoms with Gasteiger partial charge in [0.25, 0.3) is 5.91 Å². The fourth-order valence-electron chi connectivity index (χ4n) is 4.28. The summed E-state index contributed by atoms with van der Waals surface area (Å²) in [4.78, 5) is 29.7. The third-order valence-electron chi connectivity index (χ3n) is 6.29. The predicted molar refractivity (Wildman–Crippen MR) is 135 cm³/mol. The van der Waals surface area contributed by atoms with Gasteiger partial charge in [-0.2, -0.15) is 0 Å². The van der Waals surface area contributed by atoms with Crippen molar-refractivity contribution in [1.29, 1.82) is 0 Å². The van der Waals surface area contributed by atoms with Gasteiger partial charge in [-0.05, 0) is 48.4 Å². The van der Waals surface area contributed by atoms with Crippen LogP contribution in [0.15, 0.2) is 59.8 Å². The number of benzene rings is 2. The number of nitrogens with zero attached hydrogens (tertiary/aromatic N) is 4. The first-order valence-corrected chi connectivity index (χ1v) is 12.0. The highest BCUT2D eigenvalue weighted by Crippen LogP contribution is 2.30. The van der Waals surface area contributed by atoms with Gasteiger partial charge in [-0.25, -0.2) is 9.97 Å². The molecule has 1 unspecified atom stereocenters. The molecule has 0 radical (unpaired) electrons. The Balaban J connectivity index is 1.22. The zero-order chi connectivity index (χ0) is 24.9. The topological polar surface area (TPSA) is 98.2 Å². The summed E-state index contributed by atoms with van der Waals surface area (Å²) in [6.45, 7) is 5.45. The van der Waals surface area contributed by atoms with E-state index in [1.807, 2.05) is 24.3 Å². The lowest BCUT2D eigenvalue weighted by Crippen LogP contribution is -2.36. The van der Waals surface area contributed by atoms with Crippen LogP contribution in [0.3, 0.4) is 0 Å². The van der Waals surface area contributed by atoms with E-state index in [-0.39, 0.29) is 12.0 Å². The van der Waals surface area contributed by atoms with Crippen LogP contribution in [0.25, 0.3) is 0 Å². The van der Waals surface area contributed by atoms with Crippen LogP contribution in [0.4, 0.5) is 5.69 Å². The molecule has 1 atom stereocenters. The number of oxime groups is 1. The molecule has 36 heavy (non-hydrogen) atoms. The lowest BCUT2D eigenvalue weighted by atomic mass is 10.0. The van der Waals surface area contributed by atoms with E-state index in [1.54, 1.807) is 20.1 Å². The number of hydrogen-bond donors (Lipinski definition) is 1. The first kappa shape index (κ1) is 23.7. The molecule has 3 heterocycles. The lowest BCUT2D eigenvalue weighted by Gasteiger charge is -2.29. The number of aryl methyl sites for hydroxylation is 1. The smallest absolute Gasteiger partial charge is 0.270 e. The fraction of sp³-hybridized carbons (Fsp3) is 0.333. The maximum atomic E-state index is 12.8. The second-order valence-electron chi connectivity index (χ2n) is 8.74. The summed E-state index contributed by atoms with van der Waals surface area (Å²) in [6.07, 6.45) is 0.377. The van der Waals surface area contributed by atoms with Crippen molar-refractivity contribution in [3.63, 3.8) is 0 Å². The minimum Gasteiger partial charge on any atom is -0.497 e. The molecule has 5 rings (SSSR count). The van der Waals surface area contributed by atoms with Gasteiger partial charge in [0.1, 0.15) is 23.0 Å². The van der Waals surface area contributed by atoms with Gasteiger partial charge in [0.15, 0.2) is 6.10 Å². The Morgan fingerprint density at radius 2 is 1.83 bits per heavy atom. The molecule has 0 bridgehead atoms. The molecule has 2 aliphatic rings. The Kier molecular flexibility index (Phi) is 7.08. The molecule has 2 aromatic carbocycles. The Bertz CT molecular complexity index is 1240. The lowest BCUT2D eigenvalue weighted by molar-refractivity contribution is 0.0857. The van der Waals surface area contributed by atoms with Gasteiger partial charge >= 0.3 is 0 Å². The van der Waals surface area contributed by atoms with Crippen molar-refractivity contribution in [3.8, 4) is 5.75 Å². The number of ether oxygens (including phenoxy) is 2. The van der Waals surface area contributed by atoms with E-state index >= 15 is 0 Å². The minimum atomic E-state index is -0.271. The molecular weight excluding hydrogens is 458 g/mol. The number of amides is 1. The maximum Gasteiger partial charge on any atom is 0.270 e. The van der Waals surface area contributed by atoms with E-state index in [9.17, 15) is 4.79 Å². The largest absolute Gasteiger partial charge is 0.497 e. The second-order valence-corrected chi connectivity index (χ2v) is 8.74. The van der Waals surface area contributed by atoms with Crippen molar-refractivity contribution in [1.82, 2.24) is 15.3 Å². The number of anilines is 1. The standard InChI is InChI=1S/C27H29N5O4/c1-18-29-23(15-25(30-18)27(33)28-17-19-3-9-22(34-2)10-4-19)24-16-26(36-31-24)20-5-7-21(8-6-20)32-11-13-35-14-12-32/h3-10,15,26H,11-14,16-17H2,1-2H3,(H,28,33). The zero-order valence-corrected chi connectivity index (χ0v) is 20.4. The number of nitrogens with one attached hydrogen (secondary N) is 1. The normalized spacial score (nSPS) is 17.3. The fourth-order valence-corrected chi connectivity index (χ4v) is 4.28. The van der Waals surface area contributed by atoms with Crippen molar-refractivity contribution in [3.05, 3.63) is 82.9 Å². The molecule has 9 heteroatoms. The quantitative estimate of drug-likeness (QED) is 0.545. The summed E-state index contributed by atoms with van der Waals surface area (Å²) in [7, 11) is 1.62. The molecule has 1 N–H and O–H groups in total. The van der Waals surface area contributed by atoms with E-state index in [0.717, 1.165) is 43.2 Å². The summed E-state index contributed by atoms with van der Waals surface area (Å²) in [5.74, 6) is 1.00. The second kappa shape index (κ2) is 10.7. The molecule has 3 aromatic rings. The molecule has 0 spiro atoms. The minimum absolute atomic E-state index is 0.193. The van der Waals surface area contributed by atoms with Crippen LogP contribution in [0.5, 0.6) is 5.75 Å². The highest BCUT2D eigenvalue weighted by Gasteiger charge is 2.26. The molecule has 1 amide bonds. The molecule has 9 nitrogen and oxygen atoms in total. The van der Waals surface area contributed by atoms with Crippen molar-refractivity contribution in [2.75, 3.05) is 38.3 Å². The maximum absolute atomic E-state index is 12.8. The van der Waals surface area contributed by atoms with Gasteiger partial charge in [0, 0.05) is 31.7 Å². The number of carbonyl (C=O) groups excluding carboxylic acids is 1. The van der Waals surface area contributed by atoms with Gasteiger partial charge in [0.2, 0.25) is 0 Å². The number of hydrogen-bond acceptors (Lipinski definition) is 8. The molecule has 1 fully saturated rings. The van der Waals surface area contributed by atoms with E-state index in [2.05, 4.69) is 49.6 Å². The van der Waals surface area contributed by atoms with Crippen LogP contribution >= 0.6 is 0 Å². The first-order valence-electron chi connectivity index (χ1n) is 12.0. The number of carbonyl (C=O) groups is 1. The molecule has 0 aliphatic carbocycles.